The number of carbonyl (C=O) groups is 3. The summed E-state index contributed by atoms with van der Waals surface area (Å²) in [5.41, 5.74) is 1.01. The van der Waals surface area contributed by atoms with Gasteiger partial charge in [-0.15, -0.1) is 0 Å². The summed E-state index contributed by atoms with van der Waals surface area (Å²) in [6.45, 7) is 1.79. The Morgan fingerprint density at radius 2 is 1.89 bits per heavy atom. The SMILES string of the molecule is CCC1OC(Oc2cc3c(cc2O)[N+](=CCC2=CC(C(=O)O)=NC(C(=O)O)C2)C(C(=O)O)C3)CC(O)C1O. The molecule has 38 heavy (non-hydrogen) atoms. The minimum Gasteiger partial charge on any atom is -0.504 e. The van der Waals surface area contributed by atoms with Gasteiger partial charge in [-0.3, -0.25) is 4.99 Å². The first-order valence-electron chi connectivity index (χ1n) is 12.1. The molecule has 0 bridgehead atoms. The smallest absolute Gasteiger partial charge is 0.373 e. The summed E-state index contributed by atoms with van der Waals surface area (Å²) in [5.74, 6) is -4.04. The normalized spacial score (nSPS) is 29.8. The van der Waals surface area contributed by atoms with Gasteiger partial charge in [-0.25, -0.2) is 14.4 Å². The van der Waals surface area contributed by atoms with Crippen LogP contribution in [0.25, 0.3) is 0 Å². The van der Waals surface area contributed by atoms with Crippen molar-refractivity contribution in [2.24, 2.45) is 4.99 Å². The summed E-state index contributed by atoms with van der Waals surface area (Å²) >= 11 is 0. The molecule has 3 heterocycles. The zero-order valence-corrected chi connectivity index (χ0v) is 20.4. The van der Waals surface area contributed by atoms with Gasteiger partial charge in [0.05, 0.1) is 24.7 Å². The number of carboxylic acids is 3. The second kappa shape index (κ2) is 10.9. The van der Waals surface area contributed by atoms with Crippen LogP contribution in [0, 0.1) is 0 Å². The number of hydrogen-bond acceptors (Lipinski definition) is 9. The Balaban J connectivity index is 1.59. The third-order valence-electron chi connectivity index (χ3n) is 6.81. The van der Waals surface area contributed by atoms with Gasteiger partial charge in [-0.05, 0) is 18.6 Å². The van der Waals surface area contributed by atoms with E-state index in [0.29, 0.717) is 23.2 Å². The van der Waals surface area contributed by atoms with Crippen molar-refractivity contribution >= 4 is 35.5 Å². The number of ether oxygens (including phenoxy) is 2. The van der Waals surface area contributed by atoms with E-state index in [1.807, 2.05) is 0 Å². The number of phenols is 1. The number of rotatable bonds is 8. The van der Waals surface area contributed by atoms with Gasteiger partial charge >= 0.3 is 17.9 Å². The summed E-state index contributed by atoms with van der Waals surface area (Å²) in [6, 6.07) is 0.549. The molecule has 1 fully saturated rings. The molecular weight excluding hydrogens is 504 g/mol. The molecule has 1 aromatic rings. The van der Waals surface area contributed by atoms with Crippen molar-refractivity contribution in [1.82, 2.24) is 0 Å². The van der Waals surface area contributed by atoms with E-state index in [2.05, 4.69) is 4.99 Å². The lowest BCUT2D eigenvalue weighted by Crippen LogP contribution is -2.49. The van der Waals surface area contributed by atoms with Gasteiger partial charge in [-0.2, -0.15) is 4.58 Å². The lowest BCUT2D eigenvalue weighted by Gasteiger charge is -2.36. The van der Waals surface area contributed by atoms with Crippen molar-refractivity contribution in [2.45, 2.75) is 75.7 Å². The summed E-state index contributed by atoms with van der Waals surface area (Å²) in [6.07, 6.45) is -0.409. The standard InChI is InChI=1S/C25H28N2O11/c1-2-19-22(30)18(29)10-21(37-19)38-20-8-12-7-16(25(35)36)27(15(12)9-17(20)28)4-3-11-5-13(23(31)32)26-14(6-11)24(33)34/h4-5,8-9,14,16,18-19,21-22,29-30H,2-3,6-7,10H2,1H3,(H3-,28,31,32,33,34,35,36)/p+1. The van der Waals surface area contributed by atoms with E-state index in [-0.39, 0.29) is 37.2 Å². The van der Waals surface area contributed by atoms with Crippen molar-refractivity contribution < 1.29 is 59.1 Å². The first-order valence-corrected chi connectivity index (χ1v) is 12.1. The van der Waals surface area contributed by atoms with Gasteiger partial charge in [0.15, 0.2) is 23.8 Å². The minimum atomic E-state index is -1.37. The number of carboxylic acid groups (broad SMARTS) is 3. The number of aliphatic imine (C=N–C) groups is 1. The van der Waals surface area contributed by atoms with Gasteiger partial charge in [0.25, 0.3) is 6.04 Å². The molecule has 0 radical (unpaired) electrons. The summed E-state index contributed by atoms with van der Waals surface area (Å²) < 4.78 is 12.9. The summed E-state index contributed by atoms with van der Waals surface area (Å²) in [4.78, 5) is 38.5. The number of nitrogens with zero attached hydrogens (tertiary/aromatic N) is 2. The molecule has 204 valence electrons. The Kier molecular flexibility index (Phi) is 7.81. The highest BCUT2D eigenvalue weighted by molar-refractivity contribution is 6.41. The van der Waals surface area contributed by atoms with Crippen LogP contribution in [0.5, 0.6) is 11.5 Å². The van der Waals surface area contributed by atoms with E-state index in [4.69, 9.17) is 9.47 Å². The number of aliphatic hydroxyl groups is 2. The number of aromatic hydroxyl groups is 1. The molecular formula is C25H29N2O11+. The Labute approximate surface area is 216 Å². The predicted octanol–water partition coefficient (Wildman–Crippen LogP) is 0.441. The highest BCUT2D eigenvalue weighted by Crippen LogP contribution is 2.40. The van der Waals surface area contributed by atoms with E-state index in [1.54, 1.807) is 6.92 Å². The van der Waals surface area contributed by atoms with Crippen LogP contribution < -0.4 is 4.74 Å². The van der Waals surface area contributed by atoms with Gasteiger partial charge in [0.2, 0.25) is 12.0 Å². The van der Waals surface area contributed by atoms with Gasteiger partial charge in [0.1, 0.15) is 11.8 Å². The van der Waals surface area contributed by atoms with Crippen molar-refractivity contribution in [2.75, 3.05) is 0 Å². The van der Waals surface area contributed by atoms with Crippen LogP contribution in [0.15, 0.2) is 28.8 Å². The minimum absolute atomic E-state index is 0.0276. The fourth-order valence-electron chi connectivity index (χ4n) is 4.84. The lowest BCUT2D eigenvalue weighted by atomic mass is 9.99. The summed E-state index contributed by atoms with van der Waals surface area (Å²) in [7, 11) is 0. The quantitative estimate of drug-likeness (QED) is 0.253. The zero-order chi connectivity index (χ0) is 27.7. The average Bonchev–Trinajstić information content (AvgIpc) is 3.22. The number of benzene rings is 1. The van der Waals surface area contributed by atoms with Crippen LogP contribution in [0.3, 0.4) is 0 Å². The van der Waals surface area contributed by atoms with Gasteiger partial charge in [0, 0.05) is 24.8 Å². The highest BCUT2D eigenvalue weighted by Gasteiger charge is 2.42. The number of aliphatic carboxylic acids is 3. The number of dihydropyridines is 1. The van der Waals surface area contributed by atoms with Crippen molar-refractivity contribution in [3.63, 3.8) is 0 Å². The van der Waals surface area contributed by atoms with E-state index < -0.39 is 60.3 Å². The molecule has 4 rings (SSSR count). The van der Waals surface area contributed by atoms with Crippen LogP contribution in [0.1, 0.15) is 38.2 Å². The van der Waals surface area contributed by atoms with Crippen molar-refractivity contribution in [3.05, 3.63) is 29.3 Å². The first kappa shape index (κ1) is 27.2. The maximum Gasteiger partial charge on any atom is 0.373 e. The molecule has 0 spiro atoms. The second-order valence-corrected chi connectivity index (χ2v) is 9.40. The molecule has 6 unspecified atom stereocenters. The Bertz CT molecular complexity index is 1240. The molecule has 6 N–H and O–H groups in total. The molecule has 0 aliphatic carbocycles. The lowest BCUT2D eigenvalue weighted by molar-refractivity contribution is -0.458. The van der Waals surface area contributed by atoms with Gasteiger partial charge in [-0.1, -0.05) is 12.5 Å². The number of hydrogen-bond donors (Lipinski definition) is 6. The van der Waals surface area contributed by atoms with E-state index >= 15 is 0 Å². The largest absolute Gasteiger partial charge is 0.504 e. The van der Waals surface area contributed by atoms with Crippen LogP contribution in [0.4, 0.5) is 5.69 Å². The molecule has 13 nitrogen and oxygen atoms in total. The fraction of sp³-hybridized carbons (Fsp3) is 0.480. The third-order valence-corrected chi connectivity index (χ3v) is 6.81. The average molecular weight is 534 g/mol. The molecule has 3 aliphatic heterocycles. The van der Waals surface area contributed by atoms with Gasteiger partial charge < -0.3 is 40.1 Å². The van der Waals surface area contributed by atoms with Crippen LogP contribution in [0.2, 0.25) is 0 Å². The molecule has 0 saturated carbocycles. The van der Waals surface area contributed by atoms with E-state index in [9.17, 15) is 45.0 Å². The van der Waals surface area contributed by atoms with E-state index in [0.717, 1.165) is 0 Å². The second-order valence-electron chi connectivity index (χ2n) is 9.40. The molecule has 0 aromatic heterocycles. The predicted molar refractivity (Wildman–Crippen MR) is 129 cm³/mol. The first-order chi connectivity index (χ1) is 18.0. The maximum absolute atomic E-state index is 12.0. The zero-order valence-electron chi connectivity index (χ0n) is 20.4. The van der Waals surface area contributed by atoms with Crippen molar-refractivity contribution in [1.29, 1.82) is 0 Å². The molecule has 0 amide bonds. The maximum atomic E-state index is 12.0. The Hall–Kier alpha value is -3.81. The number of fused-ring (bicyclic) bond motifs is 1. The molecule has 6 atom stereocenters. The van der Waals surface area contributed by atoms with Crippen LogP contribution >= 0.6 is 0 Å². The molecule has 13 heteroatoms. The molecule has 1 aromatic carbocycles. The van der Waals surface area contributed by atoms with E-state index in [1.165, 1.54) is 29.0 Å². The highest BCUT2D eigenvalue weighted by atomic mass is 16.7. The Morgan fingerprint density at radius 3 is 2.53 bits per heavy atom. The van der Waals surface area contributed by atoms with Crippen molar-refractivity contribution in [3.8, 4) is 11.5 Å². The number of phenolic OH excluding ortho intramolecular Hbond substituents is 1. The topological polar surface area (TPSA) is 206 Å². The molecule has 1 saturated heterocycles. The third kappa shape index (κ3) is 5.54. The Morgan fingerprint density at radius 1 is 1.16 bits per heavy atom. The monoisotopic (exact) mass is 533 g/mol. The van der Waals surface area contributed by atoms with Crippen LogP contribution in [-0.2, 0) is 25.5 Å². The number of aliphatic hydroxyl groups excluding tert-OH is 2. The summed E-state index contributed by atoms with van der Waals surface area (Å²) in [5, 5.41) is 59.2. The fourth-order valence-corrected chi connectivity index (χ4v) is 4.84. The van der Waals surface area contributed by atoms with Crippen LogP contribution in [-0.4, -0.2) is 102 Å². The molecule has 3 aliphatic rings.